The number of nitrogens with zero attached hydrogens (tertiary/aromatic N) is 4. The Morgan fingerprint density at radius 3 is 2.59 bits per heavy atom. The van der Waals surface area contributed by atoms with Crippen LogP contribution in [0.25, 0.3) is 10.9 Å². The minimum Gasteiger partial charge on any atom is -0.480 e. The smallest absolute Gasteiger partial charge is 0.224 e. The molecule has 0 spiro atoms. The van der Waals surface area contributed by atoms with Crippen LogP contribution in [-0.2, 0) is 0 Å². The molecular formula is C17H24N4O. The second-order valence-electron chi connectivity index (χ2n) is 6.27. The highest BCUT2D eigenvalue weighted by molar-refractivity contribution is 5.86. The molecule has 2 heterocycles. The zero-order valence-electron chi connectivity index (χ0n) is 13.6. The van der Waals surface area contributed by atoms with E-state index in [-0.39, 0.29) is 0 Å². The number of anilines is 1. The van der Waals surface area contributed by atoms with Crippen molar-refractivity contribution in [2.75, 3.05) is 44.7 Å². The molecule has 1 aromatic heterocycles. The van der Waals surface area contributed by atoms with Gasteiger partial charge >= 0.3 is 0 Å². The molecule has 2 aromatic rings. The van der Waals surface area contributed by atoms with E-state index in [0.29, 0.717) is 5.88 Å². The van der Waals surface area contributed by atoms with Gasteiger partial charge in [0.2, 0.25) is 5.88 Å². The number of piperazine rings is 1. The largest absolute Gasteiger partial charge is 0.480 e. The molecule has 1 saturated heterocycles. The minimum absolute atomic E-state index is 0.644. The molecule has 0 bridgehead atoms. The first-order valence-electron chi connectivity index (χ1n) is 7.93. The molecule has 5 heteroatoms. The second kappa shape index (κ2) is 6.48. The molecule has 1 aliphatic rings. The van der Waals surface area contributed by atoms with Crippen molar-refractivity contribution in [3.8, 4) is 5.88 Å². The first kappa shape index (κ1) is 15.0. The van der Waals surface area contributed by atoms with Crippen LogP contribution < -0.4 is 9.64 Å². The molecule has 1 fully saturated rings. The molecule has 0 atom stereocenters. The Kier molecular flexibility index (Phi) is 4.43. The summed E-state index contributed by atoms with van der Waals surface area (Å²) >= 11 is 0. The number of benzene rings is 1. The summed E-state index contributed by atoms with van der Waals surface area (Å²) in [6.45, 7) is 10.1. The van der Waals surface area contributed by atoms with Crippen molar-refractivity contribution in [3.63, 3.8) is 0 Å². The molecule has 22 heavy (non-hydrogen) atoms. The summed E-state index contributed by atoms with van der Waals surface area (Å²) in [4.78, 5) is 13.5. The molecule has 1 aliphatic heterocycles. The summed E-state index contributed by atoms with van der Waals surface area (Å²) in [6.07, 6.45) is 1.55. The molecule has 0 radical (unpaired) electrons. The lowest BCUT2D eigenvalue weighted by Crippen LogP contribution is -2.47. The molecule has 0 saturated carbocycles. The molecule has 0 N–H and O–H groups in total. The lowest BCUT2D eigenvalue weighted by molar-refractivity contribution is 0.231. The first-order valence-corrected chi connectivity index (χ1v) is 7.93. The fraction of sp³-hybridized carbons (Fsp3) is 0.529. The molecular weight excluding hydrogens is 276 g/mol. The van der Waals surface area contributed by atoms with Gasteiger partial charge in [-0.1, -0.05) is 13.8 Å². The fourth-order valence-electron chi connectivity index (χ4n) is 3.09. The van der Waals surface area contributed by atoms with Gasteiger partial charge in [0.1, 0.15) is 6.33 Å². The Hall–Kier alpha value is -1.88. The zero-order valence-corrected chi connectivity index (χ0v) is 13.6. The van der Waals surface area contributed by atoms with E-state index in [1.165, 1.54) is 12.2 Å². The predicted octanol–water partition coefficient (Wildman–Crippen LogP) is 2.42. The Bertz CT molecular complexity index is 636. The van der Waals surface area contributed by atoms with E-state index in [9.17, 15) is 0 Å². The summed E-state index contributed by atoms with van der Waals surface area (Å²) < 4.78 is 5.35. The van der Waals surface area contributed by atoms with E-state index in [1.807, 2.05) is 0 Å². The summed E-state index contributed by atoms with van der Waals surface area (Å²) in [7, 11) is 1.65. The van der Waals surface area contributed by atoms with Crippen LogP contribution in [0.15, 0.2) is 24.5 Å². The Morgan fingerprint density at radius 2 is 1.91 bits per heavy atom. The molecule has 0 unspecified atom stereocenters. The monoisotopic (exact) mass is 300 g/mol. The Morgan fingerprint density at radius 1 is 1.14 bits per heavy atom. The quantitative estimate of drug-likeness (QED) is 0.867. The van der Waals surface area contributed by atoms with Crippen LogP contribution >= 0.6 is 0 Å². The summed E-state index contributed by atoms with van der Waals surface area (Å²) in [6, 6.07) is 6.34. The van der Waals surface area contributed by atoms with Crippen molar-refractivity contribution >= 4 is 16.6 Å². The third-order valence-electron chi connectivity index (χ3n) is 4.14. The van der Waals surface area contributed by atoms with Gasteiger partial charge in [0.15, 0.2) is 0 Å². The Labute approximate surface area is 131 Å². The number of fused-ring (bicyclic) bond motifs is 1. The molecule has 5 nitrogen and oxygen atoms in total. The zero-order chi connectivity index (χ0) is 15.5. The summed E-state index contributed by atoms with van der Waals surface area (Å²) in [5.41, 5.74) is 2.15. The van der Waals surface area contributed by atoms with Gasteiger partial charge in [-0.15, -0.1) is 0 Å². The summed E-state index contributed by atoms with van der Waals surface area (Å²) in [5, 5.41) is 0.979. The van der Waals surface area contributed by atoms with Gasteiger partial charge in [0.05, 0.1) is 18.0 Å². The van der Waals surface area contributed by atoms with Crippen LogP contribution in [0.5, 0.6) is 5.88 Å². The number of hydrogen-bond acceptors (Lipinski definition) is 5. The third kappa shape index (κ3) is 3.14. The standard InChI is InChI=1S/C17H24N4O/c1-13(2)11-20-6-8-21(9-7-20)14-4-5-16-15(10-14)17(22-3)19-12-18-16/h4-5,10,12-13H,6-9,11H2,1-3H3. The average Bonchev–Trinajstić information content (AvgIpc) is 2.54. The van der Waals surface area contributed by atoms with Crippen molar-refractivity contribution in [1.82, 2.24) is 14.9 Å². The maximum absolute atomic E-state index is 5.35. The van der Waals surface area contributed by atoms with Crippen LogP contribution in [0.3, 0.4) is 0 Å². The predicted molar refractivity (Wildman–Crippen MR) is 89.6 cm³/mol. The number of rotatable bonds is 4. The van der Waals surface area contributed by atoms with Crippen molar-refractivity contribution in [2.45, 2.75) is 13.8 Å². The lowest BCUT2D eigenvalue weighted by atomic mass is 10.1. The highest BCUT2D eigenvalue weighted by Gasteiger charge is 2.18. The van der Waals surface area contributed by atoms with Crippen LogP contribution in [-0.4, -0.2) is 54.7 Å². The first-order chi connectivity index (χ1) is 10.7. The van der Waals surface area contributed by atoms with Gasteiger partial charge in [-0.2, -0.15) is 0 Å². The highest BCUT2D eigenvalue weighted by Crippen LogP contribution is 2.27. The van der Waals surface area contributed by atoms with E-state index in [1.54, 1.807) is 13.4 Å². The van der Waals surface area contributed by atoms with Gasteiger partial charge in [0.25, 0.3) is 0 Å². The maximum atomic E-state index is 5.35. The Balaban J connectivity index is 1.77. The number of methoxy groups -OCH3 is 1. The molecule has 3 rings (SSSR count). The number of aromatic nitrogens is 2. The minimum atomic E-state index is 0.644. The molecule has 1 aromatic carbocycles. The third-order valence-corrected chi connectivity index (χ3v) is 4.14. The SMILES string of the molecule is COc1ncnc2ccc(N3CCN(CC(C)C)CC3)cc12. The average molecular weight is 300 g/mol. The molecule has 0 aliphatic carbocycles. The van der Waals surface area contributed by atoms with Gasteiger partial charge < -0.3 is 9.64 Å². The van der Waals surface area contributed by atoms with Gasteiger partial charge in [-0.25, -0.2) is 9.97 Å². The number of hydrogen-bond donors (Lipinski definition) is 0. The van der Waals surface area contributed by atoms with Crippen LogP contribution in [0.2, 0.25) is 0 Å². The normalized spacial score (nSPS) is 16.5. The highest BCUT2D eigenvalue weighted by atomic mass is 16.5. The second-order valence-corrected chi connectivity index (χ2v) is 6.27. The van der Waals surface area contributed by atoms with Crippen LogP contribution in [0, 0.1) is 5.92 Å². The van der Waals surface area contributed by atoms with Crippen molar-refractivity contribution < 1.29 is 4.74 Å². The van der Waals surface area contributed by atoms with E-state index in [4.69, 9.17) is 4.74 Å². The summed E-state index contributed by atoms with van der Waals surface area (Å²) in [5.74, 6) is 1.37. The van der Waals surface area contributed by atoms with Gasteiger partial charge in [-0.05, 0) is 24.1 Å². The molecule has 118 valence electrons. The van der Waals surface area contributed by atoms with Gasteiger partial charge in [-0.3, -0.25) is 4.90 Å². The lowest BCUT2D eigenvalue weighted by Gasteiger charge is -2.36. The maximum Gasteiger partial charge on any atom is 0.224 e. The number of ether oxygens (including phenoxy) is 1. The molecule has 0 amide bonds. The van der Waals surface area contributed by atoms with Crippen molar-refractivity contribution in [3.05, 3.63) is 24.5 Å². The van der Waals surface area contributed by atoms with E-state index in [2.05, 4.69) is 51.8 Å². The van der Waals surface area contributed by atoms with Crippen molar-refractivity contribution in [2.24, 2.45) is 5.92 Å². The topological polar surface area (TPSA) is 41.5 Å². The van der Waals surface area contributed by atoms with E-state index >= 15 is 0 Å². The van der Waals surface area contributed by atoms with E-state index in [0.717, 1.165) is 43.0 Å². The van der Waals surface area contributed by atoms with E-state index < -0.39 is 0 Å². The van der Waals surface area contributed by atoms with Gasteiger partial charge in [0, 0.05) is 38.4 Å². The van der Waals surface area contributed by atoms with Crippen LogP contribution in [0.1, 0.15) is 13.8 Å². The van der Waals surface area contributed by atoms with Crippen molar-refractivity contribution in [1.29, 1.82) is 0 Å². The fourth-order valence-corrected chi connectivity index (χ4v) is 3.09. The van der Waals surface area contributed by atoms with Crippen LogP contribution in [0.4, 0.5) is 5.69 Å².